The number of alkyl halides is 3. The van der Waals surface area contributed by atoms with E-state index in [1.54, 1.807) is 0 Å². The second kappa shape index (κ2) is 5.45. The standard InChI is InChI=1S/C10H15ClF2N2/c1-3-8(4-2)15-9(10(12)13)7(5-11)6-14-15/h6,8,10H,3-5H2,1-2H3. The highest BCUT2D eigenvalue weighted by molar-refractivity contribution is 6.17. The molecule has 0 saturated carbocycles. The third-order valence-corrected chi connectivity index (χ3v) is 2.84. The Labute approximate surface area is 93.2 Å². The van der Waals surface area contributed by atoms with Crippen molar-refractivity contribution in [2.45, 2.75) is 45.0 Å². The number of rotatable bonds is 5. The van der Waals surface area contributed by atoms with Gasteiger partial charge in [0.2, 0.25) is 0 Å². The predicted octanol–water partition coefficient (Wildman–Crippen LogP) is 3.92. The Balaban J connectivity index is 3.11. The van der Waals surface area contributed by atoms with Crippen LogP contribution in [0.25, 0.3) is 0 Å². The molecule has 0 fully saturated rings. The lowest BCUT2D eigenvalue weighted by Crippen LogP contribution is -2.13. The second-order valence-corrected chi connectivity index (χ2v) is 3.67. The van der Waals surface area contributed by atoms with Crippen molar-refractivity contribution in [3.63, 3.8) is 0 Å². The zero-order chi connectivity index (χ0) is 11.4. The summed E-state index contributed by atoms with van der Waals surface area (Å²) in [5.74, 6) is 0.0832. The van der Waals surface area contributed by atoms with Crippen LogP contribution in [0.4, 0.5) is 8.78 Å². The average Bonchev–Trinajstić information content (AvgIpc) is 2.63. The first-order valence-electron chi connectivity index (χ1n) is 5.06. The first-order valence-corrected chi connectivity index (χ1v) is 5.59. The molecule has 15 heavy (non-hydrogen) atoms. The summed E-state index contributed by atoms with van der Waals surface area (Å²) in [6.07, 6.45) is 0.508. The normalized spacial score (nSPS) is 11.7. The highest BCUT2D eigenvalue weighted by Gasteiger charge is 2.22. The Morgan fingerprint density at radius 3 is 2.40 bits per heavy atom. The van der Waals surface area contributed by atoms with Crippen molar-refractivity contribution in [3.05, 3.63) is 17.5 Å². The summed E-state index contributed by atoms with van der Waals surface area (Å²) in [5.41, 5.74) is 0.400. The maximum atomic E-state index is 12.8. The van der Waals surface area contributed by atoms with E-state index in [9.17, 15) is 8.78 Å². The average molecular weight is 237 g/mol. The molecule has 1 heterocycles. The van der Waals surface area contributed by atoms with E-state index in [1.165, 1.54) is 10.9 Å². The Kier molecular flexibility index (Phi) is 4.51. The van der Waals surface area contributed by atoms with Crippen LogP contribution in [0.2, 0.25) is 0 Å². The van der Waals surface area contributed by atoms with E-state index in [0.717, 1.165) is 12.8 Å². The van der Waals surface area contributed by atoms with Gasteiger partial charge in [-0.1, -0.05) is 13.8 Å². The van der Waals surface area contributed by atoms with E-state index < -0.39 is 6.43 Å². The third kappa shape index (κ3) is 2.48. The molecule has 0 aliphatic rings. The van der Waals surface area contributed by atoms with Gasteiger partial charge >= 0.3 is 0 Å². The van der Waals surface area contributed by atoms with Gasteiger partial charge in [0.15, 0.2) is 0 Å². The van der Waals surface area contributed by atoms with Crippen LogP contribution in [0, 0.1) is 0 Å². The van der Waals surface area contributed by atoms with Crippen LogP contribution < -0.4 is 0 Å². The number of aromatic nitrogens is 2. The molecule has 2 nitrogen and oxygen atoms in total. The molecule has 5 heteroatoms. The molecule has 86 valence electrons. The van der Waals surface area contributed by atoms with Gasteiger partial charge in [-0.05, 0) is 12.8 Å². The van der Waals surface area contributed by atoms with Crippen molar-refractivity contribution in [1.82, 2.24) is 9.78 Å². The molecule has 0 bridgehead atoms. The van der Waals surface area contributed by atoms with E-state index in [4.69, 9.17) is 11.6 Å². The number of nitrogens with zero attached hydrogens (tertiary/aromatic N) is 2. The topological polar surface area (TPSA) is 17.8 Å². The van der Waals surface area contributed by atoms with Gasteiger partial charge in [0.25, 0.3) is 6.43 Å². The molecule has 1 aromatic heterocycles. The first-order chi connectivity index (χ1) is 7.15. The predicted molar refractivity (Wildman–Crippen MR) is 56.4 cm³/mol. The molecule has 1 rings (SSSR count). The Bertz CT molecular complexity index is 308. The van der Waals surface area contributed by atoms with E-state index in [-0.39, 0.29) is 17.6 Å². The maximum Gasteiger partial charge on any atom is 0.280 e. The molecule has 1 aromatic rings. The molecule has 0 amide bonds. The van der Waals surface area contributed by atoms with Crippen molar-refractivity contribution in [1.29, 1.82) is 0 Å². The van der Waals surface area contributed by atoms with Gasteiger partial charge in [-0.15, -0.1) is 11.6 Å². The minimum atomic E-state index is -2.51. The Morgan fingerprint density at radius 1 is 1.40 bits per heavy atom. The summed E-state index contributed by atoms with van der Waals surface area (Å²) in [6.45, 7) is 3.93. The fraction of sp³-hybridized carbons (Fsp3) is 0.700. The monoisotopic (exact) mass is 236 g/mol. The highest BCUT2D eigenvalue weighted by atomic mass is 35.5. The van der Waals surface area contributed by atoms with Crippen molar-refractivity contribution < 1.29 is 8.78 Å². The maximum absolute atomic E-state index is 12.8. The molecule has 0 aliphatic carbocycles. The van der Waals surface area contributed by atoms with Crippen LogP contribution in [-0.2, 0) is 5.88 Å². The summed E-state index contributed by atoms with van der Waals surface area (Å²) >= 11 is 5.59. The fourth-order valence-electron chi connectivity index (χ4n) is 1.68. The first kappa shape index (κ1) is 12.4. The van der Waals surface area contributed by atoms with Crippen LogP contribution in [0.1, 0.15) is 50.4 Å². The van der Waals surface area contributed by atoms with Gasteiger partial charge < -0.3 is 0 Å². The third-order valence-electron chi connectivity index (χ3n) is 2.55. The van der Waals surface area contributed by atoms with E-state index in [0.29, 0.717) is 5.56 Å². The molecular weight excluding hydrogens is 222 g/mol. The molecule has 0 spiro atoms. The minimum absolute atomic E-state index is 0.0290. The SMILES string of the molecule is CCC(CC)n1ncc(CCl)c1C(F)F. The minimum Gasteiger partial charge on any atom is -0.260 e. The van der Waals surface area contributed by atoms with Gasteiger partial charge in [0.05, 0.1) is 18.1 Å². The van der Waals surface area contributed by atoms with Crippen molar-refractivity contribution in [2.24, 2.45) is 0 Å². The number of hydrogen-bond donors (Lipinski definition) is 0. The lowest BCUT2D eigenvalue weighted by atomic mass is 10.1. The lowest BCUT2D eigenvalue weighted by Gasteiger charge is -2.16. The van der Waals surface area contributed by atoms with Gasteiger partial charge in [0, 0.05) is 5.56 Å². The van der Waals surface area contributed by atoms with Crippen LogP contribution in [0.15, 0.2) is 6.20 Å². The highest BCUT2D eigenvalue weighted by Crippen LogP contribution is 2.28. The molecule has 0 saturated heterocycles. The summed E-state index contributed by atoms with van der Waals surface area (Å²) in [5, 5.41) is 4.00. The Hall–Kier alpha value is -0.640. The van der Waals surface area contributed by atoms with E-state index in [2.05, 4.69) is 5.10 Å². The Morgan fingerprint density at radius 2 is 2.00 bits per heavy atom. The van der Waals surface area contributed by atoms with Gasteiger partial charge in [-0.25, -0.2) is 8.78 Å². The molecule has 0 aliphatic heterocycles. The molecular formula is C10H15ClF2N2. The summed E-state index contributed by atoms with van der Waals surface area (Å²) in [4.78, 5) is 0. The van der Waals surface area contributed by atoms with Crippen molar-refractivity contribution in [2.75, 3.05) is 0 Å². The quantitative estimate of drug-likeness (QED) is 0.709. The van der Waals surface area contributed by atoms with Crippen LogP contribution >= 0.6 is 11.6 Å². The van der Waals surface area contributed by atoms with E-state index >= 15 is 0 Å². The summed E-state index contributed by atoms with van der Waals surface area (Å²) < 4.78 is 27.1. The van der Waals surface area contributed by atoms with Crippen molar-refractivity contribution in [3.8, 4) is 0 Å². The smallest absolute Gasteiger partial charge is 0.260 e. The summed E-state index contributed by atoms with van der Waals surface area (Å²) in [7, 11) is 0. The molecule has 0 unspecified atom stereocenters. The molecule has 0 radical (unpaired) electrons. The van der Waals surface area contributed by atoms with Crippen LogP contribution in [0.5, 0.6) is 0 Å². The number of hydrogen-bond acceptors (Lipinski definition) is 1. The fourth-order valence-corrected chi connectivity index (χ4v) is 1.88. The molecule has 0 atom stereocenters. The zero-order valence-corrected chi connectivity index (χ0v) is 9.64. The van der Waals surface area contributed by atoms with Gasteiger partial charge in [0.1, 0.15) is 5.69 Å². The largest absolute Gasteiger partial charge is 0.280 e. The lowest BCUT2D eigenvalue weighted by molar-refractivity contribution is 0.134. The molecule has 0 N–H and O–H groups in total. The second-order valence-electron chi connectivity index (χ2n) is 3.40. The van der Waals surface area contributed by atoms with Crippen LogP contribution in [-0.4, -0.2) is 9.78 Å². The van der Waals surface area contributed by atoms with Gasteiger partial charge in [-0.3, -0.25) is 4.68 Å². The zero-order valence-electron chi connectivity index (χ0n) is 8.88. The summed E-state index contributed by atoms with van der Waals surface area (Å²) in [6, 6.07) is 0.0333. The van der Waals surface area contributed by atoms with Crippen molar-refractivity contribution >= 4 is 11.6 Å². The van der Waals surface area contributed by atoms with E-state index in [1.807, 2.05) is 13.8 Å². The number of halogens is 3. The van der Waals surface area contributed by atoms with Gasteiger partial charge in [-0.2, -0.15) is 5.10 Å². The van der Waals surface area contributed by atoms with Crippen LogP contribution in [0.3, 0.4) is 0 Å². The molecule has 0 aromatic carbocycles.